The molecule has 1 unspecified atom stereocenters. The van der Waals surface area contributed by atoms with Gasteiger partial charge in [0.1, 0.15) is 11.2 Å². The van der Waals surface area contributed by atoms with Gasteiger partial charge in [-0.05, 0) is 24.3 Å². The molecule has 2 heterocycles. The van der Waals surface area contributed by atoms with Gasteiger partial charge in [0.05, 0.1) is 5.69 Å². The van der Waals surface area contributed by atoms with Crippen LogP contribution in [0.5, 0.6) is 0 Å². The standard InChI is InChI=1S/C17H17F4N3O/c1-10(2)22-9-16(17(19,20)21)12-4-3-7-24(25)15(12)23-14-6-5-11(18)8-13(14)16/h3-8,10,22,25H,9H2,1-2H3. The van der Waals surface area contributed by atoms with Gasteiger partial charge in [-0.1, -0.05) is 19.9 Å². The lowest BCUT2D eigenvalue weighted by Gasteiger charge is -2.43. The number of aliphatic imine (C=N–C) groups is 1. The summed E-state index contributed by atoms with van der Waals surface area (Å²) in [4.78, 5) is 4.10. The summed E-state index contributed by atoms with van der Waals surface area (Å²) < 4.78 is 56.9. The first kappa shape index (κ1) is 17.6. The van der Waals surface area contributed by atoms with Gasteiger partial charge in [-0.2, -0.15) is 13.2 Å². The van der Waals surface area contributed by atoms with Crippen molar-refractivity contribution in [2.75, 3.05) is 6.54 Å². The van der Waals surface area contributed by atoms with Crippen molar-refractivity contribution in [3.05, 3.63) is 53.5 Å². The van der Waals surface area contributed by atoms with Crippen molar-refractivity contribution in [1.82, 2.24) is 10.4 Å². The van der Waals surface area contributed by atoms with Crippen LogP contribution in [0.2, 0.25) is 0 Å². The molecule has 0 saturated heterocycles. The number of nitrogens with one attached hydrogen (secondary N) is 1. The molecule has 0 amide bonds. The average molecular weight is 355 g/mol. The number of hydrogen-bond acceptors (Lipinski definition) is 4. The molecule has 3 rings (SSSR count). The van der Waals surface area contributed by atoms with Crippen LogP contribution in [0, 0.1) is 5.82 Å². The Balaban J connectivity index is 2.32. The van der Waals surface area contributed by atoms with Gasteiger partial charge >= 0.3 is 6.18 Å². The highest BCUT2D eigenvalue weighted by molar-refractivity contribution is 6.05. The molecule has 134 valence electrons. The van der Waals surface area contributed by atoms with E-state index in [0.29, 0.717) is 5.06 Å². The summed E-state index contributed by atoms with van der Waals surface area (Å²) in [6, 6.07) is 2.89. The summed E-state index contributed by atoms with van der Waals surface area (Å²) in [5.41, 5.74) is -3.05. The Labute approximate surface area is 142 Å². The highest BCUT2D eigenvalue weighted by Crippen LogP contribution is 2.53. The number of rotatable bonds is 3. The number of halogens is 4. The van der Waals surface area contributed by atoms with Gasteiger partial charge in [0.15, 0.2) is 5.84 Å². The molecule has 25 heavy (non-hydrogen) atoms. The van der Waals surface area contributed by atoms with E-state index in [0.717, 1.165) is 12.1 Å². The van der Waals surface area contributed by atoms with Gasteiger partial charge in [0, 0.05) is 29.9 Å². The van der Waals surface area contributed by atoms with Crippen molar-refractivity contribution in [1.29, 1.82) is 0 Å². The zero-order valence-corrected chi connectivity index (χ0v) is 13.6. The smallest absolute Gasteiger partial charge is 0.313 e. The van der Waals surface area contributed by atoms with Crippen LogP contribution in [0.25, 0.3) is 0 Å². The summed E-state index contributed by atoms with van der Waals surface area (Å²) in [6.45, 7) is 2.95. The van der Waals surface area contributed by atoms with Gasteiger partial charge in [-0.3, -0.25) is 5.21 Å². The van der Waals surface area contributed by atoms with Crippen LogP contribution in [-0.2, 0) is 5.41 Å². The molecule has 1 aromatic carbocycles. The zero-order valence-electron chi connectivity index (χ0n) is 13.6. The van der Waals surface area contributed by atoms with E-state index in [1.165, 1.54) is 24.4 Å². The minimum absolute atomic E-state index is 0.0224. The number of benzene rings is 1. The SMILES string of the molecule is CC(C)NCC1(C(F)(F)F)C2=CC=CN(O)C2=Nc2ccc(F)cc21. The van der Waals surface area contributed by atoms with E-state index in [1.54, 1.807) is 13.8 Å². The molecule has 8 heteroatoms. The van der Waals surface area contributed by atoms with Crippen LogP contribution in [0.4, 0.5) is 23.2 Å². The first-order chi connectivity index (χ1) is 11.7. The van der Waals surface area contributed by atoms with Gasteiger partial charge in [0.2, 0.25) is 0 Å². The first-order valence-electron chi connectivity index (χ1n) is 7.73. The quantitative estimate of drug-likeness (QED) is 0.811. The van der Waals surface area contributed by atoms with Gasteiger partial charge in [0.25, 0.3) is 0 Å². The summed E-state index contributed by atoms with van der Waals surface area (Å²) in [6.07, 6.45) is -0.978. The van der Waals surface area contributed by atoms with Crippen molar-refractivity contribution in [3.8, 4) is 0 Å². The monoisotopic (exact) mass is 355 g/mol. The highest BCUT2D eigenvalue weighted by atomic mass is 19.4. The minimum atomic E-state index is -4.74. The fraction of sp³-hybridized carbons (Fsp3) is 0.353. The molecule has 2 aliphatic rings. The van der Waals surface area contributed by atoms with Crippen LogP contribution in [0.3, 0.4) is 0 Å². The third kappa shape index (κ3) is 2.75. The summed E-state index contributed by atoms with van der Waals surface area (Å²) in [5, 5.41) is 13.3. The van der Waals surface area contributed by atoms with Crippen LogP contribution >= 0.6 is 0 Å². The molecule has 0 fully saturated rings. The summed E-state index contributed by atoms with van der Waals surface area (Å²) >= 11 is 0. The number of nitrogens with zero attached hydrogens (tertiary/aromatic N) is 2. The predicted octanol–water partition coefficient (Wildman–Crippen LogP) is 3.81. The van der Waals surface area contributed by atoms with Crippen LogP contribution < -0.4 is 5.32 Å². The fourth-order valence-electron chi connectivity index (χ4n) is 3.09. The lowest BCUT2D eigenvalue weighted by molar-refractivity contribution is -0.177. The van der Waals surface area contributed by atoms with E-state index in [-0.39, 0.29) is 28.7 Å². The van der Waals surface area contributed by atoms with Crippen molar-refractivity contribution in [2.45, 2.75) is 31.5 Å². The zero-order chi connectivity index (χ0) is 18.4. The highest BCUT2D eigenvalue weighted by Gasteiger charge is 2.62. The van der Waals surface area contributed by atoms with E-state index >= 15 is 0 Å². The molecule has 0 spiro atoms. The molecule has 0 radical (unpaired) electrons. The average Bonchev–Trinajstić information content (AvgIpc) is 2.51. The van der Waals surface area contributed by atoms with E-state index in [4.69, 9.17) is 0 Å². The maximum atomic E-state index is 14.4. The lowest BCUT2D eigenvalue weighted by Crippen LogP contribution is -2.56. The Morgan fingerprint density at radius 1 is 1.32 bits per heavy atom. The van der Waals surface area contributed by atoms with E-state index in [1.807, 2.05) is 0 Å². The Morgan fingerprint density at radius 3 is 2.68 bits per heavy atom. The maximum Gasteiger partial charge on any atom is 0.403 e. The van der Waals surface area contributed by atoms with Gasteiger partial charge in [-0.25, -0.2) is 14.4 Å². The molecule has 2 N–H and O–H groups in total. The second-order valence-corrected chi connectivity index (χ2v) is 6.30. The lowest BCUT2D eigenvalue weighted by atomic mass is 9.69. The predicted molar refractivity (Wildman–Crippen MR) is 85.2 cm³/mol. The Bertz CT molecular complexity index is 783. The van der Waals surface area contributed by atoms with Crippen molar-refractivity contribution in [3.63, 3.8) is 0 Å². The molecule has 0 bridgehead atoms. The van der Waals surface area contributed by atoms with Gasteiger partial charge < -0.3 is 5.32 Å². The van der Waals surface area contributed by atoms with E-state index in [2.05, 4.69) is 10.3 Å². The molecule has 2 aliphatic heterocycles. The van der Waals surface area contributed by atoms with Crippen LogP contribution in [0.1, 0.15) is 19.4 Å². The number of allylic oxidation sites excluding steroid dienone is 2. The van der Waals surface area contributed by atoms with Crippen LogP contribution in [0.15, 0.2) is 47.1 Å². The molecular formula is C17H17F4N3O. The Morgan fingerprint density at radius 2 is 2.04 bits per heavy atom. The largest absolute Gasteiger partial charge is 0.403 e. The summed E-state index contributed by atoms with van der Waals surface area (Å²) in [7, 11) is 0. The van der Waals surface area contributed by atoms with Crippen LogP contribution in [-0.4, -0.2) is 34.9 Å². The maximum absolute atomic E-state index is 14.4. The molecule has 0 saturated carbocycles. The van der Waals surface area contributed by atoms with E-state index < -0.39 is 24.0 Å². The normalized spacial score (nSPS) is 22.5. The molecular weight excluding hydrogens is 338 g/mol. The Hall–Kier alpha value is -2.19. The van der Waals surface area contributed by atoms with E-state index in [9.17, 15) is 22.8 Å². The number of hydrogen-bond donors (Lipinski definition) is 2. The number of hydroxylamine groups is 2. The van der Waals surface area contributed by atoms with Crippen molar-refractivity contribution in [2.24, 2.45) is 4.99 Å². The third-order valence-corrected chi connectivity index (χ3v) is 4.31. The molecule has 4 nitrogen and oxygen atoms in total. The second-order valence-electron chi connectivity index (χ2n) is 6.30. The minimum Gasteiger partial charge on any atom is -0.313 e. The van der Waals surface area contributed by atoms with Gasteiger partial charge in [-0.15, -0.1) is 0 Å². The molecule has 0 aromatic heterocycles. The second kappa shape index (κ2) is 5.96. The number of alkyl halides is 3. The van der Waals surface area contributed by atoms with Crippen molar-refractivity contribution >= 4 is 11.5 Å². The summed E-state index contributed by atoms with van der Waals surface area (Å²) in [5.74, 6) is -0.993. The van der Waals surface area contributed by atoms with Crippen molar-refractivity contribution < 1.29 is 22.8 Å². The number of fused-ring (bicyclic) bond motifs is 2. The first-order valence-corrected chi connectivity index (χ1v) is 7.73. The Kier molecular flexibility index (Phi) is 4.20. The molecule has 1 aromatic rings. The number of amidine groups is 1. The molecule has 1 atom stereocenters. The molecule has 0 aliphatic carbocycles. The third-order valence-electron chi connectivity index (χ3n) is 4.31. The fourth-order valence-corrected chi connectivity index (χ4v) is 3.09. The topological polar surface area (TPSA) is 47.9 Å².